The Morgan fingerprint density at radius 3 is 3.10 bits per heavy atom. The fraction of sp³-hybridized carbons (Fsp3) is 0.375. The quantitative estimate of drug-likeness (QED) is 0.882. The van der Waals surface area contributed by atoms with Crippen LogP contribution in [0, 0.1) is 0 Å². The summed E-state index contributed by atoms with van der Waals surface area (Å²) in [6, 6.07) is 10.3. The zero-order chi connectivity index (χ0) is 14.7. The van der Waals surface area contributed by atoms with Crippen LogP contribution in [0.5, 0.6) is 0 Å². The van der Waals surface area contributed by atoms with Gasteiger partial charge in [-0.1, -0.05) is 18.2 Å². The zero-order valence-corrected chi connectivity index (χ0v) is 12.1. The summed E-state index contributed by atoms with van der Waals surface area (Å²) in [6.45, 7) is 3.76. The molecule has 2 atom stereocenters. The number of hydrogen-bond acceptors (Lipinski definition) is 3. The van der Waals surface area contributed by atoms with Gasteiger partial charge in [-0.25, -0.2) is 0 Å². The van der Waals surface area contributed by atoms with Crippen LogP contribution in [0.1, 0.15) is 24.8 Å². The molecule has 1 aromatic heterocycles. The van der Waals surface area contributed by atoms with Crippen LogP contribution in [0.3, 0.4) is 0 Å². The minimum absolute atomic E-state index is 0.0974. The van der Waals surface area contributed by atoms with Gasteiger partial charge in [0, 0.05) is 43.0 Å². The number of hydrogen-bond donors (Lipinski definition) is 2. The number of aromatic nitrogens is 2. The van der Waals surface area contributed by atoms with Crippen molar-refractivity contribution in [3.63, 3.8) is 0 Å². The van der Waals surface area contributed by atoms with E-state index < -0.39 is 0 Å². The molecule has 0 aliphatic carbocycles. The standard InChI is InChI=1S/C16H20N4O/c1-12(11-20-8-4-7-18-20)17-10-13-9-16(21)19-15-6-3-2-5-14(13)15/h2-8,12-13,17H,9-11H2,1H3,(H,19,21)/t12-,13-/m0/s1. The highest BCUT2D eigenvalue weighted by molar-refractivity contribution is 5.94. The monoisotopic (exact) mass is 284 g/mol. The lowest BCUT2D eigenvalue weighted by molar-refractivity contribution is -0.116. The Morgan fingerprint density at radius 2 is 2.29 bits per heavy atom. The van der Waals surface area contributed by atoms with Gasteiger partial charge in [0.2, 0.25) is 5.91 Å². The van der Waals surface area contributed by atoms with E-state index >= 15 is 0 Å². The second kappa shape index (κ2) is 6.10. The lowest BCUT2D eigenvalue weighted by atomic mass is 9.90. The summed E-state index contributed by atoms with van der Waals surface area (Å²) in [6.07, 6.45) is 4.29. The average molecular weight is 284 g/mol. The van der Waals surface area contributed by atoms with Crippen molar-refractivity contribution in [3.05, 3.63) is 48.3 Å². The van der Waals surface area contributed by atoms with E-state index in [-0.39, 0.29) is 11.8 Å². The average Bonchev–Trinajstić information content (AvgIpc) is 2.97. The summed E-state index contributed by atoms with van der Waals surface area (Å²) < 4.78 is 1.92. The molecule has 2 heterocycles. The number of benzene rings is 1. The molecule has 0 saturated carbocycles. The normalized spacial score (nSPS) is 18.9. The summed E-state index contributed by atoms with van der Waals surface area (Å²) in [7, 11) is 0. The molecule has 110 valence electrons. The Kier molecular flexibility index (Phi) is 4.01. The fourth-order valence-electron chi connectivity index (χ4n) is 2.78. The molecule has 21 heavy (non-hydrogen) atoms. The highest BCUT2D eigenvalue weighted by Gasteiger charge is 2.24. The first-order chi connectivity index (χ1) is 10.2. The van der Waals surface area contributed by atoms with Crippen molar-refractivity contribution in [2.45, 2.75) is 31.8 Å². The molecule has 2 N–H and O–H groups in total. The van der Waals surface area contributed by atoms with E-state index in [4.69, 9.17) is 0 Å². The van der Waals surface area contributed by atoms with Gasteiger partial charge in [-0.15, -0.1) is 0 Å². The molecule has 1 aliphatic rings. The van der Waals surface area contributed by atoms with Crippen LogP contribution >= 0.6 is 0 Å². The van der Waals surface area contributed by atoms with Crippen molar-refractivity contribution in [1.82, 2.24) is 15.1 Å². The van der Waals surface area contributed by atoms with E-state index in [0.29, 0.717) is 12.5 Å². The Bertz CT molecular complexity index is 608. The van der Waals surface area contributed by atoms with Gasteiger partial charge in [0.25, 0.3) is 0 Å². The van der Waals surface area contributed by atoms with Gasteiger partial charge < -0.3 is 10.6 Å². The third-order valence-electron chi connectivity index (χ3n) is 3.84. The Hall–Kier alpha value is -2.14. The van der Waals surface area contributed by atoms with Gasteiger partial charge in [0.05, 0.1) is 6.54 Å². The molecule has 5 heteroatoms. The van der Waals surface area contributed by atoms with Crippen LogP contribution in [0.2, 0.25) is 0 Å². The van der Waals surface area contributed by atoms with E-state index in [1.165, 1.54) is 5.56 Å². The van der Waals surface area contributed by atoms with E-state index in [9.17, 15) is 4.79 Å². The zero-order valence-electron chi connectivity index (χ0n) is 12.1. The van der Waals surface area contributed by atoms with Gasteiger partial charge in [0.15, 0.2) is 0 Å². The fourth-order valence-corrected chi connectivity index (χ4v) is 2.78. The molecule has 0 spiro atoms. The van der Waals surface area contributed by atoms with Gasteiger partial charge in [-0.2, -0.15) is 5.10 Å². The number of anilines is 1. The smallest absolute Gasteiger partial charge is 0.225 e. The van der Waals surface area contributed by atoms with Crippen LogP contribution < -0.4 is 10.6 Å². The number of nitrogens with zero attached hydrogens (tertiary/aromatic N) is 2. The van der Waals surface area contributed by atoms with E-state index in [1.54, 1.807) is 6.20 Å². The predicted molar refractivity (Wildman–Crippen MR) is 82.1 cm³/mol. The molecule has 0 fully saturated rings. The van der Waals surface area contributed by atoms with Crippen LogP contribution in [0.25, 0.3) is 0 Å². The van der Waals surface area contributed by atoms with E-state index in [2.05, 4.69) is 28.7 Å². The maximum atomic E-state index is 11.8. The molecule has 3 rings (SSSR count). The topological polar surface area (TPSA) is 59.0 Å². The number of carbonyl (C=O) groups excluding carboxylic acids is 1. The van der Waals surface area contributed by atoms with Gasteiger partial charge >= 0.3 is 0 Å². The summed E-state index contributed by atoms with van der Waals surface area (Å²) in [5, 5.41) is 10.7. The van der Waals surface area contributed by atoms with Crippen molar-refractivity contribution in [3.8, 4) is 0 Å². The number of rotatable bonds is 5. The minimum Gasteiger partial charge on any atom is -0.326 e. The first-order valence-corrected chi connectivity index (χ1v) is 7.32. The Balaban J connectivity index is 1.61. The SMILES string of the molecule is C[C@@H](Cn1cccn1)NC[C@@H]1CC(=O)Nc2ccccc21. The second-order valence-corrected chi connectivity index (χ2v) is 5.57. The predicted octanol–water partition coefficient (Wildman–Crippen LogP) is 1.99. The van der Waals surface area contributed by atoms with Crippen molar-refractivity contribution in [2.24, 2.45) is 0 Å². The van der Waals surface area contributed by atoms with E-state index in [0.717, 1.165) is 18.8 Å². The maximum absolute atomic E-state index is 11.8. The van der Waals surface area contributed by atoms with E-state index in [1.807, 2.05) is 35.1 Å². The molecule has 0 unspecified atom stereocenters. The molecule has 0 radical (unpaired) electrons. The summed E-state index contributed by atoms with van der Waals surface area (Å²) in [4.78, 5) is 11.8. The van der Waals surface area contributed by atoms with Crippen LogP contribution in [0.15, 0.2) is 42.7 Å². The molecule has 2 aromatic rings. The highest BCUT2D eigenvalue weighted by Crippen LogP contribution is 2.31. The van der Waals surface area contributed by atoms with Crippen molar-refractivity contribution >= 4 is 11.6 Å². The van der Waals surface area contributed by atoms with Crippen molar-refractivity contribution in [2.75, 3.05) is 11.9 Å². The molecule has 1 amide bonds. The summed E-state index contributed by atoms with van der Waals surface area (Å²) in [5.41, 5.74) is 2.16. The number of fused-ring (bicyclic) bond motifs is 1. The molecule has 0 saturated heterocycles. The third kappa shape index (κ3) is 3.31. The Labute approximate surface area is 124 Å². The molecular formula is C16H20N4O. The minimum atomic E-state index is 0.0974. The number of para-hydroxylation sites is 1. The van der Waals surface area contributed by atoms with Crippen LogP contribution in [-0.2, 0) is 11.3 Å². The number of nitrogens with one attached hydrogen (secondary N) is 2. The van der Waals surface area contributed by atoms with Crippen molar-refractivity contribution < 1.29 is 4.79 Å². The maximum Gasteiger partial charge on any atom is 0.225 e. The van der Waals surface area contributed by atoms with Crippen LogP contribution in [-0.4, -0.2) is 28.3 Å². The molecule has 0 bridgehead atoms. The number of amides is 1. The lowest BCUT2D eigenvalue weighted by Gasteiger charge is -2.27. The Morgan fingerprint density at radius 1 is 1.43 bits per heavy atom. The molecule has 1 aliphatic heterocycles. The first kappa shape index (κ1) is 13.8. The van der Waals surface area contributed by atoms with Crippen LogP contribution in [0.4, 0.5) is 5.69 Å². The molecule has 1 aromatic carbocycles. The second-order valence-electron chi connectivity index (χ2n) is 5.57. The number of carbonyl (C=O) groups is 1. The largest absolute Gasteiger partial charge is 0.326 e. The lowest BCUT2D eigenvalue weighted by Crippen LogP contribution is -2.36. The summed E-state index contributed by atoms with van der Waals surface area (Å²) >= 11 is 0. The van der Waals surface area contributed by atoms with Gasteiger partial charge in [-0.05, 0) is 24.6 Å². The van der Waals surface area contributed by atoms with Gasteiger partial charge in [-0.3, -0.25) is 9.48 Å². The summed E-state index contributed by atoms with van der Waals surface area (Å²) in [5.74, 6) is 0.329. The molecular weight excluding hydrogens is 264 g/mol. The third-order valence-corrected chi connectivity index (χ3v) is 3.84. The highest BCUT2D eigenvalue weighted by atomic mass is 16.1. The molecule has 5 nitrogen and oxygen atoms in total. The van der Waals surface area contributed by atoms with Crippen molar-refractivity contribution in [1.29, 1.82) is 0 Å². The first-order valence-electron chi connectivity index (χ1n) is 7.32. The van der Waals surface area contributed by atoms with Gasteiger partial charge in [0.1, 0.15) is 0 Å².